The first kappa shape index (κ1) is 20.0. The van der Waals surface area contributed by atoms with Crippen molar-refractivity contribution in [1.29, 1.82) is 0 Å². The van der Waals surface area contributed by atoms with Crippen LogP contribution in [0.2, 0.25) is 0 Å². The van der Waals surface area contributed by atoms with Crippen molar-refractivity contribution in [2.24, 2.45) is 5.10 Å². The number of hydrogen-bond donors (Lipinski definition) is 2. The second-order valence-electron chi connectivity index (χ2n) is 6.96. The standard InChI is InChI=1S/C20H23BrN2O3/c1-13(14-5-8-16(24)9-6-14)22-23-19(25)12-26-18-10-7-15(11-17(18)21)20(2,3)4/h5-11,24H,12H2,1-4H3,(H,23,25). The van der Waals surface area contributed by atoms with Crippen LogP contribution in [0.25, 0.3) is 0 Å². The smallest absolute Gasteiger partial charge is 0.277 e. The van der Waals surface area contributed by atoms with E-state index in [2.05, 4.69) is 47.2 Å². The van der Waals surface area contributed by atoms with E-state index in [9.17, 15) is 9.90 Å². The number of amides is 1. The molecule has 0 fully saturated rings. The number of aromatic hydroxyl groups is 1. The van der Waals surface area contributed by atoms with E-state index in [1.807, 2.05) is 18.2 Å². The molecule has 0 heterocycles. The number of halogens is 1. The first-order valence-electron chi connectivity index (χ1n) is 8.22. The van der Waals surface area contributed by atoms with Crippen LogP contribution in [0.4, 0.5) is 0 Å². The minimum atomic E-state index is -0.352. The molecule has 0 bridgehead atoms. The SMILES string of the molecule is CC(=NNC(=O)COc1ccc(C(C)(C)C)cc1Br)c1ccc(O)cc1. The van der Waals surface area contributed by atoms with Crippen LogP contribution in [0.3, 0.4) is 0 Å². The van der Waals surface area contributed by atoms with Gasteiger partial charge in [-0.25, -0.2) is 5.43 Å². The second-order valence-corrected chi connectivity index (χ2v) is 7.82. The van der Waals surface area contributed by atoms with Crippen molar-refractivity contribution in [2.75, 3.05) is 6.61 Å². The first-order chi connectivity index (χ1) is 12.2. The maximum atomic E-state index is 11.9. The van der Waals surface area contributed by atoms with Crippen LogP contribution < -0.4 is 10.2 Å². The second kappa shape index (κ2) is 8.36. The van der Waals surface area contributed by atoms with Gasteiger partial charge in [0.15, 0.2) is 6.61 Å². The summed E-state index contributed by atoms with van der Waals surface area (Å²) in [5, 5.41) is 13.3. The summed E-state index contributed by atoms with van der Waals surface area (Å²) in [4.78, 5) is 11.9. The van der Waals surface area contributed by atoms with Crippen LogP contribution in [0.15, 0.2) is 52.0 Å². The molecule has 0 unspecified atom stereocenters. The summed E-state index contributed by atoms with van der Waals surface area (Å²) in [5.74, 6) is 0.435. The molecule has 1 amide bonds. The van der Waals surface area contributed by atoms with Gasteiger partial charge in [-0.3, -0.25) is 4.79 Å². The number of benzene rings is 2. The predicted molar refractivity (Wildman–Crippen MR) is 107 cm³/mol. The van der Waals surface area contributed by atoms with Gasteiger partial charge in [-0.1, -0.05) is 26.8 Å². The molecular formula is C20H23BrN2O3. The fraction of sp³-hybridized carbons (Fsp3) is 0.300. The van der Waals surface area contributed by atoms with Crippen LogP contribution in [-0.2, 0) is 10.2 Å². The van der Waals surface area contributed by atoms with E-state index < -0.39 is 0 Å². The Hall–Kier alpha value is -2.34. The molecular weight excluding hydrogens is 396 g/mol. The molecule has 0 radical (unpaired) electrons. The number of nitrogens with one attached hydrogen (secondary N) is 1. The van der Waals surface area contributed by atoms with Gasteiger partial charge in [0.2, 0.25) is 0 Å². The number of ether oxygens (including phenoxy) is 1. The van der Waals surface area contributed by atoms with Crippen molar-refractivity contribution in [3.05, 3.63) is 58.1 Å². The number of hydrazone groups is 1. The highest BCUT2D eigenvalue weighted by molar-refractivity contribution is 9.10. The molecule has 2 aromatic rings. The van der Waals surface area contributed by atoms with Gasteiger partial charge in [-0.15, -0.1) is 0 Å². The highest BCUT2D eigenvalue weighted by Gasteiger charge is 2.15. The Morgan fingerprint density at radius 1 is 1.19 bits per heavy atom. The Morgan fingerprint density at radius 3 is 2.42 bits per heavy atom. The minimum absolute atomic E-state index is 0.0406. The summed E-state index contributed by atoms with van der Waals surface area (Å²) < 4.78 is 6.37. The highest BCUT2D eigenvalue weighted by atomic mass is 79.9. The number of phenolic OH excluding ortho intramolecular Hbond substituents is 1. The highest BCUT2D eigenvalue weighted by Crippen LogP contribution is 2.31. The molecule has 2 N–H and O–H groups in total. The molecule has 0 aliphatic heterocycles. The van der Waals surface area contributed by atoms with Crippen LogP contribution in [0.5, 0.6) is 11.5 Å². The van der Waals surface area contributed by atoms with Crippen LogP contribution in [0.1, 0.15) is 38.8 Å². The lowest BCUT2D eigenvalue weighted by Gasteiger charge is -2.20. The Kier molecular flexibility index (Phi) is 6.42. The van der Waals surface area contributed by atoms with E-state index in [0.717, 1.165) is 10.0 Å². The fourth-order valence-electron chi connectivity index (χ4n) is 2.17. The van der Waals surface area contributed by atoms with E-state index in [1.54, 1.807) is 31.2 Å². The van der Waals surface area contributed by atoms with E-state index in [4.69, 9.17) is 4.74 Å². The zero-order valence-electron chi connectivity index (χ0n) is 15.3. The monoisotopic (exact) mass is 418 g/mol. The fourth-order valence-corrected chi connectivity index (χ4v) is 2.67. The Labute approximate surface area is 162 Å². The summed E-state index contributed by atoms with van der Waals surface area (Å²) >= 11 is 3.48. The van der Waals surface area contributed by atoms with E-state index >= 15 is 0 Å². The number of nitrogens with zero attached hydrogens (tertiary/aromatic N) is 1. The number of rotatable bonds is 5. The van der Waals surface area contributed by atoms with Crippen molar-refractivity contribution in [1.82, 2.24) is 5.43 Å². The molecule has 5 nitrogen and oxygen atoms in total. The Balaban J connectivity index is 1.92. The molecule has 26 heavy (non-hydrogen) atoms. The lowest BCUT2D eigenvalue weighted by atomic mass is 9.87. The van der Waals surface area contributed by atoms with Crippen molar-refractivity contribution < 1.29 is 14.6 Å². The predicted octanol–water partition coefficient (Wildman–Crippen LogP) is 4.37. The number of carbonyl (C=O) groups is 1. The van der Waals surface area contributed by atoms with Gasteiger partial charge >= 0.3 is 0 Å². The summed E-state index contributed by atoms with van der Waals surface area (Å²) in [7, 11) is 0. The summed E-state index contributed by atoms with van der Waals surface area (Å²) in [6.07, 6.45) is 0. The molecule has 0 aliphatic rings. The van der Waals surface area contributed by atoms with Gasteiger partial charge in [0.05, 0.1) is 10.2 Å². The molecule has 0 saturated heterocycles. The molecule has 0 saturated carbocycles. The number of carbonyl (C=O) groups excluding carboxylic acids is 1. The molecule has 2 rings (SSSR count). The van der Waals surface area contributed by atoms with Gasteiger partial charge < -0.3 is 9.84 Å². The van der Waals surface area contributed by atoms with Gasteiger partial charge in [-0.2, -0.15) is 5.10 Å². The first-order valence-corrected chi connectivity index (χ1v) is 9.01. The summed E-state index contributed by atoms with van der Waals surface area (Å²) in [6.45, 7) is 8.04. The Bertz CT molecular complexity index is 809. The average Bonchev–Trinajstić information content (AvgIpc) is 2.58. The largest absolute Gasteiger partial charge is 0.508 e. The van der Waals surface area contributed by atoms with Crippen molar-refractivity contribution in [3.63, 3.8) is 0 Å². The van der Waals surface area contributed by atoms with E-state index in [-0.39, 0.29) is 23.7 Å². The van der Waals surface area contributed by atoms with E-state index in [0.29, 0.717) is 11.5 Å². The normalized spacial score (nSPS) is 12.0. The molecule has 0 aromatic heterocycles. The van der Waals surface area contributed by atoms with Crippen LogP contribution >= 0.6 is 15.9 Å². The molecule has 0 aliphatic carbocycles. The van der Waals surface area contributed by atoms with Crippen LogP contribution in [0, 0.1) is 0 Å². The van der Waals surface area contributed by atoms with E-state index in [1.165, 1.54) is 5.56 Å². The van der Waals surface area contributed by atoms with Crippen molar-refractivity contribution in [3.8, 4) is 11.5 Å². The molecule has 138 valence electrons. The van der Waals surface area contributed by atoms with Gasteiger partial charge in [0, 0.05) is 0 Å². The molecule has 0 spiro atoms. The average molecular weight is 419 g/mol. The third-order valence-electron chi connectivity index (χ3n) is 3.79. The van der Waals surface area contributed by atoms with Crippen LogP contribution in [-0.4, -0.2) is 23.3 Å². The molecule has 2 aromatic carbocycles. The van der Waals surface area contributed by atoms with Gasteiger partial charge in [-0.05, 0) is 75.8 Å². The number of hydrogen-bond acceptors (Lipinski definition) is 4. The number of phenols is 1. The summed E-state index contributed by atoms with van der Waals surface area (Å²) in [5.41, 5.74) is 5.13. The maximum Gasteiger partial charge on any atom is 0.277 e. The maximum absolute atomic E-state index is 11.9. The Morgan fingerprint density at radius 2 is 1.85 bits per heavy atom. The zero-order valence-corrected chi connectivity index (χ0v) is 16.9. The topological polar surface area (TPSA) is 70.9 Å². The quantitative estimate of drug-likeness (QED) is 0.559. The minimum Gasteiger partial charge on any atom is -0.508 e. The zero-order chi connectivity index (χ0) is 19.3. The van der Waals surface area contributed by atoms with Crippen molar-refractivity contribution in [2.45, 2.75) is 33.1 Å². The third kappa shape index (κ3) is 5.59. The van der Waals surface area contributed by atoms with Crippen molar-refractivity contribution >= 4 is 27.5 Å². The molecule has 6 heteroatoms. The molecule has 0 atom stereocenters. The lowest BCUT2D eigenvalue weighted by Crippen LogP contribution is -2.25. The van der Waals surface area contributed by atoms with Gasteiger partial charge in [0.25, 0.3) is 5.91 Å². The lowest BCUT2D eigenvalue weighted by molar-refractivity contribution is -0.123. The van der Waals surface area contributed by atoms with Gasteiger partial charge in [0.1, 0.15) is 11.5 Å². The third-order valence-corrected chi connectivity index (χ3v) is 4.41. The summed E-state index contributed by atoms with van der Waals surface area (Å²) in [6, 6.07) is 12.4.